The fraction of sp³-hybridized carbons (Fsp3) is 0.500. The summed E-state index contributed by atoms with van der Waals surface area (Å²) >= 11 is 1.56. The van der Waals surface area contributed by atoms with Crippen molar-refractivity contribution in [3.63, 3.8) is 0 Å². The van der Waals surface area contributed by atoms with E-state index in [0.717, 1.165) is 5.56 Å². The van der Waals surface area contributed by atoms with E-state index in [1.165, 1.54) is 0 Å². The lowest BCUT2D eigenvalue weighted by atomic mass is 10.1. The molecule has 0 fully saturated rings. The van der Waals surface area contributed by atoms with Crippen molar-refractivity contribution in [1.29, 1.82) is 0 Å². The molecule has 1 aromatic rings. The van der Waals surface area contributed by atoms with E-state index in [-0.39, 0.29) is 6.03 Å². The third-order valence-corrected chi connectivity index (χ3v) is 2.67. The number of aliphatic hydroxyl groups excluding tert-OH is 1. The van der Waals surface area contributed by atoms with Crippen LogP contribution in [0.15, 0.2) is 16.8 Å². The van der Waals surface area contributed by atoms with Crippen LogP contribution in [0.4, 0.5) is 4.79 Å². The number of hydrogen-bond acceptors (Lipinski definition) is 3. The van der Waals surface area contributed by atoms with E-state index in [4.69, 9.17) is 0 Å². The third-order valence-electron chi connectivity index (χ3n) is 1.97. The van der Waals surface area contributed by atoms with Crippen LogP contribution < -0.4 is 10.6 Å². The second-order valence-corrected chi connectivity index (χ2v) is 3.93. The molecule has 0 saturated heterocycles. The van der Waals surface area contributed by atoms with Gasteiger partial charge in [-0.15, -0.1) is 0 Å². The maximum Gasteiger partial charge on any atom is 0.314 e. The van der Waals surface area contributed by atoms with Crippen molar-refractivity contribution in [3.05, 3.63) is 22.4 Å². The molecule has 1 unspecified atom stereocenters. The van der Waals surface area contributed by atoms with Gasteiger partial charge >= 0.3 is 6.03 Å². The largest absolute Gasteiger partial charge is 0.388 e. The monoisotopic (exact) mass is 228 g/mol. The van der Waals surface area contributed by atoms with Crippen molar-refractivity contribution in [2.24, 2.45) is 0 Å². The van der Waals surface area contributed by atoms with E-state index in [9.17, 15) is 9.90 Å². The number of rotatable bonds is 5. The van der Waals surface area contributed by atoms with Crippen LogP contribution in [0.2, 0.25) is 0 Å². The molecule has 0 aliphatic carbocycles. The molecule has 84 valence electrons. The predicted octanol–water partition coefficient (Wildman–Crippen LogP) is 1.49. The number of urea groups is 1. The molecular weight excluding hydrogens is 212 g/mol. The highest BCUT2D eigenvalue weighted by molar-refractivity contribution is 7.07. The topological polar surface area (TPSA) is 61.4 Å². The predicted molar refractivity (Wildman–Crippen MR) is 61.0 cm³/mol. The first-order chi connectivity index (χ1) is 7.24. The maximum atomic E-state index is 11.0. The van der Waals surface area contributed by atoms with Crippen LogP contribution in [0, 0.1) is 0 Å². The Labute approximate surface area is 93.3 Å². The number of hydrogen-bond donors (Lipinski definition) is 3. The Morgan fingerprint density at radius 1 is 1.60 bits per heavy atom. The van der Waals surface area contributed by atoms with E-state index in [1.54, 1.807) is 11.3 Å². The van der Waals surface area contributed by atoms with Gasteiger partial charge in [-0.3, -0.25) is 0 Å². The van der Waals surface area contributed by atoms with Gasteiger partial charge in [0.25, 0.3) is 0 Å². The first-order valence-corrected chi connectivity index (χ1v) is 5.90. The molecule has 3 N–H and O–H groups in total. The number of amides is 2. The van der Waals surface area contributed by atoms with Crippen molar-refractivity contribution in [2.75, 3.05) is 13.1 Å². The summed E-state index contributed by atoms with van der Waals surface area (Å²) < 4.78 is 0. The van der Waals surface area contributed by atoms with Crippen molar-refractivity contribution in [2.45, 2.75) is 19.4 Å². The zero-order chi connectivity index (χ0) is 11.1. The quantitative estimate of drug-likeness (QED) is 0.715. The van der Waals surface area contributed by atoms with Crippen LogP contribution in [-0.2, 0) is 0 Å². The molecule has 15 heavy (non-hydrogen) atoms. The van der Waals surface area contributed by atoms with Crippen molar-refractivity contribution >= 4 is 17.4 Å². The molecule has 5 heteroatoms. The van der Waals surface area contributed by atoms with Gasteiger partial charge in [0.1, 0.15) is 0 Å². The molecule has 0 radical (unpaired) electrons. The fourth-order valence-corrected chi connectivity index (χ4v) is 1.88. The molecule has 1 heterocycles. The summed E-state index contributed by atoms with van der Waals surface area (Å²) in [4.78, 5) is 11.0. The van der Waals surface area contributed by atoms with E-state index < -0.39 is 6.10 Å². The highest BCUT2D eigenvalue weighted by atomic mass is 32.1. The van der Waals surface area contributed by atoms with Crippen molar-refractivity contribution in [3.8, 4) is 0 Å². The Bertz CT molecular complexity index is 288. The minimum Gasteiger partial charge on any atom is -0.388 e. The van der Waals surface area contributed by atoms with Crippen LogP contribution in [-0.4, -0.2) is 24.2 Å². The first kappa shape index (κ1) is 12.0. The Kier molecular flexibility index (Phi) is 5.14. The summed E-state index contributed by atoms with van der Waals surface area (Å²) in [6, 6.07) is 1.71. The van der Waals surface area contributed by atoms with Crippen molar-refractivity contribution in [1.82, 2.24) is 10.6 Å². The molecule has 1 rings (SSSR count). The molecular formula is C10H16N2O2S. The summed E-state index contributed by atoms with van der Waals surface area (Å²) in [5, 5.41) is 18.8. The van der Waals surface area contributed by atoms with E-state index in [0.29, 0.717) is 19.5 Å². The minimum absolute atomic E-state index is 0.185. The van der Waals surface area contributed by atoms with Crippen LogP contribution in [0.5, 0.6) is 0 Å². The van der Waals surface area contributed by atoms with Crippen molar-refractivity contribution < 1.29 is 9.90 Å². The second kappa shape index (κ2) is 6.42. The van der Waals surface area contributed by atoms with Gasteiger partial charge in [0.05, 0.1) is 6.10 Å². The highest BCUT2D eigenvalue weighted by Gasteiger charge is 2.07. The van der Waals surface area contributed by atoms with Crippen LogP contribution in [0.1, 0.15) is 25.0 Å². The van der Waals surface area contributed by atoms with E-state index in [2.05, 4.69) is 10.6 Å². The van der Waals surface area contributed by atoms with Crippen LogP contribution >= 0.6 is 11.3 Å². The summed E-state index contributed by atoms with van der Waals surface area (Å²) in [5.41, 5.74) is 0.915. The number of carbonyl (C=O) groups excluding carboxylic acids is 1. The number of thiophene rings is 1. The SMILES string of the molecule is CCNC(=O)NCCC(O)c1ccsc1. The molecule has 0 bridgehead atoms. The number of carbonyl (C=O) groups is 1. The summed E-state index contributed by atoms with van der Waals surface area (Å²) in [5.74, 6) is 0. The molecule has 1 aromatic heterocycles. The highest BCUT2D eigenvalue weighted by Crippen LogP contribution is 2.18. The van der Waals surface area contributed by atoms with Crippen LogP contribution in [0.25, 0.3) is 0 Å². The summed E-state index contributed by atoms with van der Waals surface area (Å²) in [6.45, 7) is 2.95. The standard InChI is InChI=1S/C10H16N2O2S/c1-2-11-10(14)12-5-3-9(13)8-4-6-15-7-8/h4,6-7,9,13H,2-3,5H2,1H3,(H2,11,12,14). The zero-order valence-electron chi connectivity index (χ0n) is 8.69. The average Bonchev–Trinajstić information content (AvgIpc) is 2.70. The molecule has 0 aliphatic rings. The molecule has 4 nitrogen and oxygen atoms in total. The van der Waals surface area contributed by atoms with Gasteiger partial charge in [-0.05, 0) is 35.7 Å². The van der Waals surface area contributed by atoms with Gasteiger partial charge < -0.3 is 15.7 Å². The smallest absolute Gasteiger partial charge is 0.314 e. The summed E-state index contributed by atoms with van der Waals surface area (Å²) in [6.07, 6.45) is 0.0478. The van der Waals surface area contributed by atoms with E-state index in [1.807, 2.05) is 23.8 Å². The lowest BCUT2D eigenvalue weighted by molar-refractivity contribution is 0.167. The van der Waals surface area contributed by atoms with Crippen LogP contribution in [0.3, 0.4) is 0 Å². The molecule has 2 amide bonds. The molecule has 0 aromatic carbocycles. The number of nitrogens with one attached hydrogen (secondary N) is 2. The van der Waals surface area contributed by atoms with Gasteiger partial charge in [-0.2, -0.15) is 11.3 Å². The molecule has 1 atom stereocenters. The lowest BCUT2D eigenvalue weighted by Gasteiger charge is -2.09. The second-order valence-electron chi connectivity index (χ2n) is 3.15. The number of aliphatic hydroxyl groups is 1. The Hall–Kier alpha value is -1.07. The Morgan fingerprint density at radius 3 is 3.00 bits per heavy atom. The molecule has 0 saturated carbocycles. The van der Waals surface area contributed by atoms with Gasteiger partial charge in [-0.25, -0.2) is 4.79 Å². The Balaban J connectivity index is 2.18. The van der Waals surface area contributed by atoms with Gasteiger partial charge in [0.2, 0.25) is 0 Å². The maximum absolute atomic E-state index is 11.0. The van der Waals surface area contributed by atoms with Gasteiger partial charge in [0.15, 0.2) is 0 Å². The first-order valence-electron chi connectivity index (χ1n) is 4.96. The fourth-order valence-electron chi connectivity index (χ4n) is 1.18. The normalized spacial score (nSPS) is 12.1. The Morgan fingerprint density at radius 2 is 2.40 bits per heavy atom. The van der Waals surface area contributed by atoms with Gasteiger partial charge in [-0.1, -0.05) is 0 Å². The van der Waals surface area contributed by atoms with Gasteiger partial charge in [0, 0.05) is 13.1 Å². The molecule has 0 spiro atoms. The van der Waals surface area contributed by atoms with E-state index >= 15 is 0 Å². The minimum atomic E-state index is -0.488. The zero-order valence-corrected chi connectivity index (χ0v) is 9.51. The third kappa shape index (κ3) is 4.31. The molecule has 0 aliphatic heterocycles. The lowest BCUT2D eigenvalue weighted by Crippen LogP contribution is -2.36. The summed E-state index contributed by atoms with van der Waals surface area (Å²) in [7, 11) is 0. The average molecular weight is 228 g/mol.